The van der Waals surface area contributed by atoms with Gasteiger partial charge >= 0.3 is 0 Å². The smallest absolute Gasteiger partial charge is 0.227 e. The van der Waals surface area contributed by atoms with Gasteiger partial charge in [0, 0.05) is 44.8 Å². The van der Waals surface area contributed by atoms with Crippen LogP contribution in [0.3, 0.4) is 0 Å². The van der Waals surface area contributed by atoms with Crippen LogP contribution in [0.4, 0.5) is 34.1 Å². The van der Waals surface area contributed by atoms with Crippen LogP contribution >= 0.6 is 20.1 Å². The number of nitrogens with zero attached hydrogens (tertiary/aromatic N) is 3. The Morgan fingerprint density at radius 3 is 1.33 bits per heavy atom. The first kappa shape index (κ1) is 52.8. The Hall–Kier alpha value is -8.23. The lowest BCUT2D eigenvalue weighted by Crippen LogP contribution is -2.26. The molecule has 14 rings (SSSR count). The van der Waals surface area contributed by atoms with Crippen molar-refractivity contribution in [3.63, 3.8) is 0 Å². The van der Waals surface area contributed by atoms with Gasteiger partial charge in [0.2, 0.25) is 5.89 Å². The Morgan fingerprint density at radius 1 is 0.410 bits per heavy atom. The van der Waals surface area contributed by atoms with Gasteiger partial charge in [0.1, 0.15) is 16.7 Å². The molecule has 5 nitrogen and oxygen atoms in total. The summed E-state index contributed by atoms with van der Waals surface area (Å²) in [6.45, 7) is 13.7. The highest BCUT2D eigenvalue weighted by molar-refractivity contribution is 8.32. The van der Waals surface area contributed by atoms with Gasteiger partial charge in [0.15, 0.2) is 5.58 Å². The van der Waals surface area contributed by atoms with Gasteiger partial charge in [-0.1, -0.05) is 151 Å². The van der Waals surface area contributed by atoms with Crippen LogP contribution in [-0.2, 0) is 16.2 Å². The van der Waals surface area contributed by atoms with E-state index >= 15 is 0 Å². The Labute approximate surface area is 492 Å². The molecule has 0 unspecified atom stereocenters. The molecule has 2 heterocycles. The molecule has 0 amide bonds. The lowest BCUT2D eigenvalue weighted by Gasteiger charge is -2.34. The van der Waals surface area contributed by atoms with E-state index in [-0.39, 0.29) is 10.8 Å². The molecule has 2 aliphatic rings. The van der Waals surface area contributed by atoms with Crippen molar-refractivity contribution >= 4 is 87.2 Å². The fourth-order valence-electron chi connectivity index (χ4n) is 13.1. The molecule has 0 aliphatic heterocycles. The van der Waals surface area contributed by atoms with Crippen molar-refractivity contribution in [3.05, 3.63) is 246 Å². The Bertz CT molecular complexity index is 4350. The normalized spacial score (nSPS) is 14.0. The molecule has 0 atom stereocenters. The first-order valence-corrected chi connectivity index (χ1v) is 34.5. The average molecular weight is 1120 g/mol. The minimum atomic E-state index is -1.02. The number of para-hydroxylation sites is 1. The predicted octanol–water partition coefficient (Wildman–Crippen LogP) is 21.4. The summed E-state index contributed by atoms with van der Waals surface area (Å²) >= 11 is 0. The topological polar surface area (TPSA) is 45.7 Å². The highest BCUT2D eigenvalue weighted by Crippen LogP contribution is 2.68. The number of anilines is 6. The molecular weight excluding hydrogens is 1050 g/mol. The first-order valence-electron chi connectivity index (χ1n) is 28.8. The van der Waals surface area contributed by atoms with Crippen LogP contribution in [0.15, 0.2) is 231 Å². The summed E-state index contributed by atoms with van der Waals surface area (Å²) in [5.74, 6) is 0.558. The summed E-state index contributed by atoms with van der Waals surface area (Å²) in [5, 5.41) is 2.08. The van der Waals surface area contributed by atoms with E-state index in [9.17, 15) is 0 Å². The van der Waals surface area contributed by atoms with Gasteiger partial charge in [-0.25, -0.2) is 25.0 Å². The van der Waals surface area contributed by atoms with Crippen LogP contribution in [0.5, 0.6) is 0 Å². The fourth-order valence-corrected chi connectivity index (χ4v) is 15.0. The molecule has 0 fully saturated rings. The summed E-state index contributed by atoms with van der Waals surface area (Å²) in [5.41, 5.74) is 20.9. The van der Waals surface area contributed by atoms with Crippen LogP contribution in [-0.4, -0.2) is 42.5 Å². The van der Waals surface area contributed by atoms with Crippen molar-refractivity contribution in [1.29, 1.82) is 0 Å². The molecule has 2 aromatic heterocycles. The Balaban J connectivity index is 1.16. The number of benzene rings is 10. The molecule has 1 spiro atoms. The van der Waals surface area contributed by atoms with Crippen molar-refractivity contribution < 1.29 is 8.83 Å². The lowest BCUT2D eigenvalue weighted by molar-refractivity contribution is 0.590. The van der Waals surface area contributed by atoms with Crippen molar-refractivity contribution in [2.75, 3.05) is 47.3 Å². The SMILES string of the molecule is CC(C)(C)c1ccc(N(c2ccc(S(C)(C)C)cc2)c2cc3c(c4oc(-c5ccccc5)nc24)-c2c(cc(N(c4ccc(C(C)(C)C)cc4)c4ccc(S(C)(C)C)cc4)c4c2oc2ccccc24)C32c3ccccc3-c3ccccc32)cc1. The quantitative estimate of drug-likeness (QED) is 0.144. The zero-order valence-electron chi connectivity index (χ0n) is 49.7. The summed E-state index contributed by atoms with van der Waals surface area (Å²) in [6, 6.07) is 79.1. The summed E-state index contributed by atoms with van der Waals surface area (Å²) < 4.78 is 15.1. The molecule has 10 aromatic carbocycles. The zero-order valence-corrected chi connectivity index (χ0v) is 51.3. The second kappa shape index (κ2) is 18.9. The van der Waals surface area contributed by atoms with E-state index < -0.39 is 25.5 Å². The van der Waals surface area contributed by atoms with Crippen molar-refractivity contribution in [2.24, 2.45) is 0 Å². The van der Waals surface area contributed by atoms with Crippen LogP contribution in [0, 0.1) is 0 Å². The van der Waals surface area contributed by atoms with Gasteiger partial charge < -0.3 is 18.6 Å². The number of hydrogen-bond donors (Lipinski definition) is 0. The van der Waals surface area contributed by atoms with E-state index in [0.717, 1.165) is 89.4 Å². The zero-order chi connectivity index (χ0) is 57.5. The second-order valence-electron chi connectivity index (χ2n) is 26.3. The van der Waals surface area contributed by atoms with E-state index in [1.807, 2.05) is 6.07 Å². The molecule has 7 heteroatoms. The van der Waals surface area contributed by atoms with Gasteiger partial charge in [0.05, 0.1) is 22.2 Å². The fraction of sp³-hybridized carbons (Fsp3) is 0.197. The van der Waals surface area contributed by atoms with Crippen LogP contribution in [0.1, 0.15) is 74.9 Å². The Kier molecular flexibility index (Phi) is 12.0. The van der Waals surface area contributed by atoms with E-state index in [2.05, 4.69) is 295 Å². The number of hydrogen-bond acceptors (Lipinski definition) is 5. The molecular formula is C76H71N3O2S2. The third-order valence-electron chi connectivity index (χ3n) is 17.4. The maximum Gasteiger partial charge on any atom is 0.227 e. The van der Waals surface area contributed by atoms with E-state index in [1.165, 1.54) is 43.2 Å². The van der Waals surface area contributed by atoms with E-state index in [4.69, 9.17) is 13.8 Å². The summed E-state index contributed by atoms with van der Waals surface area (Å²) in [4.78, 5) is 13.3. The molecule has 0 saturated carbocycles. The van der Waals surface area contributed by atoms with Crippen molar-refractivity contribution in [1.82, 2.24) is 4.98 Å². The summed E-state index contributed by atoms with van der Waals surface area (Å²) in [7, 11) is -2.02. The highest BCUT2D eigenvalue weighted by atomic mass is 32.3. The molecule has 0 saturated heterocycles. The van der Waals surface area contributed by atoms with Gasteiger partial charge in [-0.3, -0.25) is 0 Å². The number of aromatic nitrogens is 1. The molecule has 0 radical (unpaired) electrons. The second-order valence-corrected chi connectivity index (χ2v) is 34.6. The minimum absolute atomic E-state index is 0.0307. The minimum Gasteiger partial charge on any atom is -0.455 e. The van der Waals surface area contributed by atoms with Crippen molar-refractivity contribution in [3.8, 4) is 33.7 Å². The van der Waals surface area contributed by atoms with E-state index in [0.29, 0.717) is 11.5 Å². The number of furan rings is 1. The molecule has 2 aliphatic carbocycles. The predicted molar refractivity (Wildman–Crippen MR) is 357 cm³/mol. The number of oxazole rings is 1. The van der Waals surface area contributed by atoms with Crippen molar-refractivity contribution in [2.45, 2.75) is 67.6 Å². The maximum atomic E-state index is 7.56. The third-order valence-corrected chi connectivity index (χ3v) is 20.7. The van der Waals surface area contributed by atoms with Crippen LogP contribution in [0.2, 0.25) is 0 Å². The van der Waals surface area contributed by atoms with Crippen LogP contribution in [0.25, 0.3) is 66.7 Å². The highest BCUT2D eigenvalue weighted by Gasteiger charge is 2.55. The largest absolute Gasteiger partial charge is 0.455 e. The maximum absolute atomic E-state index is 7.56. The molecule has 0 bridgehead atoms. The van der Waals surface area contributed by atoms with E-state index in [1.54, 1.807) is 0 Å². The number of rotatable bonds is 9. The standard InChI is InChI=1S/C76H71N3O2S2/c1-74(2,3)49-30-34-51(35-31-49)78(53-38-42-55(43-39-53)82(7,8)9)64-46-62-68(71-67(64)59-26-18-21-29-66(59)80-71)69-63(76(62)60-27-19-16-24-57(60)58-25-17-20-28-61(58)76)47-65(70-72(69)81-73(77-70)48-22-14-13-15-23-48)79(52-36-32-50(33-37-52)75(4,5)6)54-40-44-56(45-41-54)83(10,11)12/h13-47H,1-12H3. The molecule has 414 valence electrons. The van der Waals surface area contributed by atoms with Gasteiger partial charge in [-0.05, 0) is 206 Å². The molecule has 83 heavy (non-hydrogen) atoms. The third kappa shape index (κ3) is 8.39. The summed E-state index contributed by atoms with van der Waals surface area (Å²) in [6.07, 6.45) is 14.2. The molecule has 0 N–H and O–H groups in total. The first-order chi connectivity index (χ1) is 39.7. The molecule has 12 aromatic rings. The van der Waals surface area contributed by atoms with Gasteiger partial charge in [-0.2, -0.15) is 0 Å². The average Bonchev–Trinajstić information content (AvgIpc) is 1.99. The lowest BCUT2D eigenvalue weighted by atomic mass is 9.70. The van der Waals surface area contributed by atoms with Gasteiger partial charge in [0.25, 0.3) is 0 Å². The monoisotopic (exact) mass is 1120 g/mol. The Morgan fingerprint density at radius 2 is 0.831 bits per heavy atom. The van der Waals surface area contributed by atoms with Crippen LogP contribution < -0.4 is 9.80 Å². The van der Waals surface area contributed by atoms with Gasteiger partial charge in [-0.15, -0.1) is 0 Å². The number of fused-ring (bicyclic) bond motifs is 16.